The third kappa shape index (κ3) is 6.48. The fraction of sp³-hybridized carbons (Fsp3) is 0.314. The van der Waals surface area contributed by atoms with Crippen LogP contribution < -0.4 is 15.8 Å². The Bertz CT molecular complexity index is 1910. The summed E-state index contributed by atoms with van der Waals surface area (Å²) in [5, 5.41) is 2.60. The number of aromatic nitrogens is 2. The first kappa shape index (κ1) is 33.4. The van der Waals surface area contributed by atoms with Gasteiger partial charge in [0.25, 0.3) is 17.4 Å². The molecule has 1 atom stereocenters. The highest BCUT2D eigenvalue weighted by Crippen LogP contribution is 2.36. The number of carbonyl (C=O) groups excluding carboxylic acids is 2. The second kappa shape index (κ2) is 13.2. The Morgan fingerprint density at radius 1 is 1.02 bits per heavy atom. The van der Waals surface area contributed by atoms with Crippen molar-refractivity contribution in [1.29, 1.82) is 0 Å². The lowest BCUT2D eigenvalue weighted by Gasteiger charge is -2.45. The Morgan fingerprint density at radius 2 is 1.69 bits per heavy atom. The van der Waals surface area contributed by atoms with Crippen molar-refractivity contribution >= 4 is 33.7 Å². The third-order valence-electron chi connectivity index (χ3n) is 8.93. The number of rotatable bonds is 7. The summed E-state index contributed by atoms with van der Waals surface area (Å²) in [7, 11) is 3.56. The summed E-state index contributed by atoms with van der Waals surface area (Å²) in [6.45, 7) is 3.66. The fourth-order valence-corrected chi connectivity index (χ4v) is 6.77. The minimum absolute atomic E-state index is 0.0281. The number of likely N-dealkylation sites (N-methyl/N-ethyl adjacent to an activating group) is 1. The van der Waals surface area contributed by atoms with Crippen molar-refractivity contribution in [2.45, 2.75) is 44.7 Å². The van der Waals surface area contributed by atoms with Crippen LogP contribution in [0.15, 0.2) is 82.1 Å². The van der Waals surface area contributed by atoms with Crippen LogP contribution in [0.4, 0.5) is 19.1 Å². The van der Waals surface area contributed by atoms with Crippen molar-refractivity contribution in [2.24, 2.45) is 0 Å². The summed E-state index contributed by atoms with van der Waals surface area (Å²) in [6, 6.07) is 19.5. The van der Waals surface area contributed by atoms with Crippen molar-refractivity contribution in [3.8, 4) is 5.69 Å². The summed E-state index contributed by atoms with van der Waals surface area (Å²) < 4.78 is 42.5. The Labute approximate surface area is 284 Å². The molecule has 0 saturated carbocycles. The monoisotopic (exact) mass is 722 g/mol. The van der Waals surface area contributed by atoms with Crippen LogP contribution in [-0.4, -0.2) is 70.4 Å². The predicted molar refractivity (Wildman–Crippen MR) is 179 cm³/mol. The molecule has 9 nitrogen and oxygen atoms in total. The molecule has 1 saturated heterocycles. The van der Waals surface area contributed by atoms with Gasteiger partial charge in [0.2, 0.25) is 5.95 Å². The largest absolute Gasteiger partial charge is 0.417 e. The van der Waals surface area contributed by atoms with E-state index < -0.39 is 23.7 Å². The molecule has 6 rings (SSSR count). The van der Waals surface area contributed by atoms with Crippen molar-refractivity contribution in [1.82, 2.24) is 24.7 Å². The summed E-state index contributed by atoms with van der Waals surface area (Å²) >= 11 is 2.94. The van der Waals surface area contributed by atoms with Gasteiger partial charge in [0.1, 0.15) is 0 Å². The topological polar surface area (TPSA) is 90.8 Å². The molecule has 1 fully saturated rings. The van der Waals surface area contributed by atoms with Gasteiger partial charge in [-0.15, -0.1) is 0 Å². The van der Waals surface area contributed by atoms with Gasteiger partial charge in [-0.1, -0.05) is 46.3 Å². The number of alkyl halides is 3. The first-order chi connectivity index (χ1) is 22.8. The van der Waals surface area contributed by atoms with Crippen LogP contribution in [0.2, 0.25) is 0 Å². The molecule has 1 aromatic heterocycles. The molecule has 1 N–H and O–H groups in total. The number of benzene rings is 3. The van der Waals surface area contributed by atoms with Gasteiger partial charge in [-0.2, -0.15) is 13.2 Å². The highest BCUT2D eigenvalue weighted by atomic mass is 79.9. The van der Waals surface area contributed by atoms with Gasteiger partial charge in [0.05, 0.1) is 29.5 Å². The van der Waals surface area contributed by atoms with Gasteiger partial charge < -0.3 is 20.0 Å². The molecule has 3 heterocycles. The molecule has 0 aliphatic carbocycles. The van der Waals surface area contributed by atoms with E-state index in [1.165, 1.54) is 17.0 Å². The Balaban J connectivity index is 1.46. The van der Waals surface area contributed by atoms with Crippen molar-refractivity contribution in [3.05, 3.63) is 121 Å². The zero-order valence-electron chi connectivity index (χ0n) is 26.6. The first-order valence-electron chi connectivity index (χ1n) is 15.5. The number of anilines is 1. The van der Waals surface area contributed by atoms with Gasteiger partial charge in [0.15, 0.2) is 0 Å². The summed E-state index contributed by atoms with van der Waals surface area (Å²) in [4.78, 5) is 51.4. The van der Waals surface area contributed by atoms with Crippen LogP contribution in [0.5, 0.6) is 0 Å². The van der Waals surface area contributed by atoms with E-state index >= 15 is 0 Å². The zero-order valence-corrected chi connectivity index (χ0v) is 28.2. The molecule has 1 unspecified atom stereocenters. The molecule has 2 aliphatic heterocycles. The number of amides is 2. The van der Waals surface area contributed by atoms with E-state index in [2.05, 4.69) is 31.0 Å². The minimum Gasteiger partial charge on any atom is -0.355 e. The molecule has 48 heavy (non-hydrogen) atoms. The third-order valence-corrected chi connectivity index (χ3v) is 9.62. The second-order valence-electron chi connectivity index (χ2n) is 12.3. The Hall–Kier alpha value is -4.49. The van der Waals surface area contributed by atoms with E-state index in [9.17, 15) is 27.6 Å². The smallest absolute Gasteiger partial charge is 0.355 e. The highest BCUT2D eigenvalue weighted by molar-refractivity contribution is 9.10. The van der Waals surface area contributed by atoms with Crippen LogP contribution in [-0.2, 0) is 25.7 Å². The standard InChI is InChI=1S/C35H34BrF3N6O3/c1-21-15-27-30(20-43(21)32(47)24-11-14-29(36)28(16-24)35(37,38)39)41-34(44(26-18-42(3)19-26)17-22-7-5-4-6-8-22)45(33(27)48)25-12-9-23(10-13-25)31(46)40-2/h4-14,16,21,26H,15,17-20H2,1-3H3,(H,40,46). The Morgan fingerprint density at radius 3 is 2.31 bits per heavy atom. The molecule has 2 aliphatic rings. The van der Waals surface area contributed by atoms with Crippen LogP contribution in [0, 0.1) is 0 Å². The molecule has 0 radical (unpaired) electrons. The average molecular weight is 724 g/mol. The molecule has 13 heteroatoms. The minimum atomic E-state index is -4.65. The number of hydrogen-bond donors (Lipinski definition) is 1. The van der Waals surface area contributed by atoms with E-state index in [1.807, 2.05) is 37.4 Å². The number of nitrogens with one attached hydrogen (secondary N) is 1. The van der Waals surface area contributed by atoms with Crippen molar-refractivity contribution in [2.75, 3.05) is 32.1 Å². The average Bonchev–Trinajstić information content (AvgIpc) is 3.05. The molecule has 2 amide bonds. The lowest BCUT2D eigenvalue weighted by atomic mass is 9.98. The summed E-state index contributed by atoms with van der Waals surface area (Å²) in [5.41, 5.74) is 1.48. The molecule has 3 aromatic carbocycles. The number of nitrogens with zero attached hydrogens (tertiary/aromatic N) is 5. The zero-order chi connectivity index (χ0) is 34.3. The maximum absolute atomic E-state index is 14.5. The molecule has 250 valence electrons. The lowest BCUT2D eigenvalue weighted by Crippen LogP contribution is -2.59. The van der Waals surface area contributed by atoms with Crippen LogP contribution in [0.25, 0.3) is 5.69 Å². The van der Waals surface area contributed by atoms with E-state index in [-0.39, 0.29) is 40.5 Å². The lowest BCUT2D eigenvalue weighted by molar-refractivity contribution is -0.138. The van der Waals surface area contributed by atoms with E-state index in [1.54, 1.807) is 42.8 Å². The van der Waals surface area contributed by atoms with Crippen LogP contribution in [0.3, 0.4) is 0 Å². The first-order valence-corrected chi connectivity index (χ1v) is 16.3. The van der Waals surface area contributed by atoms with Crippen molar-refractivity contribution in [3.63, 3.8) is 0 Å². The predicted octanol–water partition coefficient (Wildman–Crippen LogP) is 5.28. The molecule has 0 bridgehead atoms. The van der Waals surface area contributed by atoms with E-state index in [0.29, 0.717) is 35.0 Å². The van der Waals surface area contributed by atoms with Crippen LogP contribution >= 0.6 is 15.9 Å². The number of halogens is 4. The number of hydrogen-bond acceptors (Lipinski definition) is 6. The normalized spacial score (nSPS) is 16.6. The molecule has 4 aromatic rings. The second-order valence-corrected chi connectivity index (χ2v) is 13.1. The maximum atomic E-state index is 14.5. The number of carbonyl (C=O) groups is 2. The molecular formula is C35H34BrF3N6O3. The van der Waals surface area contributed by atoms with Gasteiger partial charge >= 0.3 is 6.18 Å². The summed E-state index contributed by atoms with van der Waals surface area (Å²) in [5.74, 6) is -0.448. The number of likely N-dealkylation sites (tertiary alicyclic amines) is 1. The van der Waals surface area contributed by atoms with Gasteiger partial charge in [0, 0.05) is 53.9 Å². The van der Waals surface area contributed by atoms with E-state index in [0.717, 1.165) is 24.7 Å². The Kier molecular flexibility index (Phi) is 9.18. The van der Waals surface area contributed by atoms with E-state index in [4.69, 9.17) is 4.98 Å². The fourth-order valence-electron chi connectivity index (χ4n) is 6.30. The quantitative estimate of drug-likeness (QED) is 0.279. The van der Waals surface area contributed by atoms with Crippen molar-refractivity contribution < 1.29 is 22.8 Å². The SMILES string of the molecule is CNC(=O)c1ccc(-n2c(N(Cc3ccccc3)C3CN(C)C3)nc3c(c2=O)CC(C)N(C(=O)c2ccc(Br)c(C(F)(F)F)c2)C3)cc1. The summed E-state index contributed by atoms with van der Waals surface area (Å²) in [6.07, 6.45) is -4.48. The molecule has 0 spiro atoms. The van der Waals surface area contributed by atoms with Gasteiger partial charge in [-0.3, -0.25) is 14.4 Å². The molecular weight excluding hydrogens is 689 g/mol. The maximum Gasteiger partial charge on any atom is 0.417 e. The van der Waals surface area contributed by atoms with Gasteiger partial charge in [-0.25, -0.2) is 9.55 Å². The van der Waals surface area contributed by atoms with Gasteiger partial charge in [-0.05, 0) is 68.4 Å². The van der Waals surface area contributed by atoms with Crippen LogP contribution in [0.1, 0.15) is 50.0 Å². The highest BCUT2D eigenvalue weighted by Gasteiger charge is 2.38. The number of fused-ring (bicyclic) bond motifs is 1.